The van der Waals surface area contributed by atoms with Gasteiger partial charge in [0.25, 0.3) is 0 Å². The number of esters is 1. The molecule has 0 saturated heterocycles. The van der Waals surface area contributed by atoms with E-state index in [1.165, 1.54) is 25.1 Å². The summed E-state index contributed by atoms with van der Waals surface area (Å²) in [6, 6.07) is 9.23. The molecule has 0 aliphatic heterocycles. The molecule has 0 N–H and O–H groups in total. The molecule has 2 rings (SSSR count). The average molecular weight is 314 g/mol. The average Bonchev–Trinajstić information content (AvgIpc) is 2.40. The number of hydrogen-bond donors (Lipinski definition) is 0. The minimum Gasteiger partial charge on any atom is -0.427 e. The molecule has 3 nitrogen and oxygen atoms in total. The molecule has 0 aliphatic rings. The van der Waals surface area contributed by atoms with E-state index in [2.05, 4.69) is 4.74 Å². The van der Waals surface area contributed by atoms with Crippen molar-refractivity contribution in [3.63, 3.8) is 0 Å². The van der Waals surface area contributed by atoms with E-state index < -0.39 is 23.9 Å². The van der Waals surface area contributed by atoms with Gasteiger partial charge in [-0.2, -0.15) is 0 Å². The van der Waals surface area contributed by atoms with Crippen LogP contribution in [0, 0.1) is 5.82 Å². The lowest BCUT2D eigenvalue weighted by Gasteiger charge is -2.11. The Morgan fingerprint density at radius 3 is 2.09 bits per heavy atom. The molecule has 0 amide bonds. The molecule has 7 heteroatoms. The molecular weight excluding hydrogens is 304 g/mol. The van der Waals surface area contributed by atoms with Crippen molar-refractivity contribution >= 4 is 5.97 Å². The number of rotatable bonds is 3. The summed E-state index contributed by atoms with van der Waals surface area (Å²) in [4.78, 5) is 10.8. The number of alkyl halides is 3. The second-order valence-electron chi connectivity index (χ2n) is 4.31. The lowest BCUT2D eigenvalue weighted by atomic mass is 10.1. The minimum absolute atomic E-state index is 0.314. The lowest BCUT2D eigenvalue weighted by Crippen LogP contribution is -2.17. The van der Waals surface area contributed by atoms with Gasteiger partial charge < -0.3 is 9.47 Å². The molecule has 22 heavy (non-hydrogen) atoms. The number of hydrogen-bond acceptors (Lipinski definition) is 3. The Balaban J connectivity index is 2.22. The molecule has 2 aromatic rings. The molecule has 2 aromatic carbocycles. The highest BCUT2D eigenvalue weighted by molar-refractivity contribution is 5.70. The van der Waals surface area contributed by atoms with Gasteiger partial charge in [-0.3, -0.25) is 4.79 Å². The van der Waals surface area contributed by atoms with Crippen molar-refractivity contribution in [3.05, 3.63) is 48.3 Å². The fourth-order valence-corrected chi connectivity index (χ4v) is 1.77. The summed E-state index contributed by atoms with van der Waals surface area (Å²) >= 11 is 0. The summed E-state index contributed by atoms with van der Waals surface area (Å²) in [5.41, 5.74) is 0.912. The first-order valence-corrected chi connectivity index (χ1v) is 6.09. The van der Waals surface area contributed by atoms with Crippen LogP contribution in [0.2, 0.25) is 0 Å². The number of carbonyl (C=O) groups excluding carboxylic acids is 1. The molecule has 0 radical (unpaired) electrons. The van der Waals surface area contributed by atoms with Crippen LogP contribution in [0.1, 0.15) is 6.92 Å². The van der Waals surface area contributed by atoms with E-state index in [9.17, 15) is 22.4 Å². The van der Waals surface area contributed by atoms with Gasteiger partial charge in [0.05, 0.1) is 0 Å². The number of ether oxygens (including phenoxy) is 2. The summed E-state index contributed by atoms with van der Waals surface area (Å²) in [6.07, 6.45) is -4.95. The third-order valence-corrected chi connectivity index (χ3v) is 2.61. The Hall–Kier alpha value is -2.57. The van der Waals surface area contributed by atoms with Crippen LogP contribution < -0.4 is 9.47 Å². The van der Waals surface area contributed by atoms with Crippen LogP contribution in [0.5, 0.6) is 11.5 Å². The predicted molar refractivity (Wildman–Crippen MR) is 69.8 cm³/mol. The first-order chi connectivity index (χ1) is 10.2. The van der Waals surface area contributed by atoms with Crippen molar-refractivity contribution in [2.75, 3.05) is 0 Å². The maximum Gasteiger partial charge on any atom is 0.573 e. The van der Waals surface area contributed by atoms with Crippen molar-refractivity contribution in [3.8, 4) is 22.6 Å². The number of benzene rings is 2. The monoisotopic (exact) mass is 314 g/mol. The zero-order chi connectivity index (χ0) is 16.3. The summed E-state index contributed by atoms with van der Waals surface area (Å²) in [6.45, 7) is 1.25. The Bertz CT molecular complexity index is 678. The lowest BCUT2D eigenvalue weighted by molar-refractivity contribution is -0.275. The van der Waals surface area contributed by atoms with Gasteiger partial charge in [-0.05, 0) is 35.4 Å². The molecule has 0 unspecified atom stereocenters. The van der Waals surface area contributed by atoms with Crippen molar-refractivity contribution in [2.45, 2.75) is 13.3 Å². The van der Waals surface area contributed by atoms with E-state index in [0.717, 1.165) is 12.1 Å². The van der Waals surface area contributed by atoms with Crippen LogP contribution >= 0.6 is 0 Å². The zero-order valence-corrected chi connectivity index (χ0v) is 11.3. The highest BCUT2D eigenvalue weighted by Gasteiger charge is 2.32. The van der Waals surface area contributed by atoms with Gasteiger partial charge in [0.15, 0.2) is 11.6 Å². The Morgan fingerprint density at radius 1 is 1.00 bits per heavy atom. The molecule has 0 fully saturated rings. The Kier molecular flexibility index (Phi) is 4.35. The smallest absolute Gasteiger partial charge is 0.427 e. The summed E-state index contributed by atoms with van der Waals surface area (Å²) in [5.74, 6) is -2.19. The maximum atomic E-state index is 13.6. The van der Waals surface area contributed by atoms with Crippen molar-refractivity contribution in [2.24, 2.45) is 0 Å². The largest absolute Gasteiger partial charge is 0.573 e. The summed E-state index contributed by atoms with van der Waals surface area (Å²) in [7, 11) is 0. The number of halogens is 4. The second kappa shape index (κ2) is 6.05. The van der Waals surface area contributed by atoms with Gasteiger partial charge in [-0.25, -0.2) is 4.39 Å². The fraction of sp³-hybridized carbons (Fsp3) is 0.133. The van der Waals surface area contributed by atoms with Crippen LogP contribution in [-0.2, 0) is 4.79 Å². The second-order valence-corrected chi connectivity index (χ2v) is 4.31. The van der Waals surface area contributed by atoms with Gasteiger partial charge >= 0.3 is 12.3 Å². The molecule has 0 saturated carbocycles. The van der Waals surface area contributed by atoms with Crippen molar-refractivity contribution in [1.82, 2.24) is 0 Å². The van der Waals surface area contributed by atoms with E-state index in [-0.39, 0.29) is 0 Å². The highest BCUT2D eigenvalue weighted by atomic mass is 19.4. The van der Waals surface area contributed by atoms with Crippen molar-refractivity contribution in [1.29, 1.82) is 0 Å². The summed E-state index contributed by atoms with van der Waals surface area (Å²) in [5, 5.41) is 0. The predicted octanol–water partition coefficient (Wildman–Crippen LogP) is 4.32. The molecule has 0 spiro atoms. The van der Waals surface area contributed by atoms with E-state index >= 15 is 0 Å². The summed E-state index contributed by atoms with van der Waals surface area (Å²) < 4.78 is 58.2. The van der Waals surface area contributed by atoms with Crippen LogP contribution in [0.25, 0.3) is 11.1 Å². The molecule has 0 atom stereocenters. The molecule has 116 valence electrons. The third kappa shape index (κ3) is 4.21. The molecule has 0 aromatic heterocycles. The van der Waals surface area contributed by atoms with Gasteiger partial charge in [0.1, 0.15) is 5.75 Å². The van der Waals surface area contributed by atoms with Crippen molar-refractivity contribution < 1.29 is 31.8 Å². The minimum atomic E-state index is -4.95. The quantitative estimate of drug-likeness (QED) is 0.481. The highest BCUT2D eigenvalue weighted by Crippen LogP contribution is 2.30. The van der Waals surface area contributed by atoms with E-state index in [0.29, 0.717) is 16.9 Å². The SMILES string of the molecule is CC(=O)Oc1ccc(-c2ccc(OC(F)(F)F)c(F)c2)cc1. The molecule has 0 bridgehead atoms. The molecule has 0 aliphatic carbocycles. The topological polar surface area (TPSA) is 35.5 Å². The first kappa shape index (κ1) is 15.8. The van der Waals surface area contributed by atoms with E-state index in [1.54, 1.807) is 12.1 Å². The van der Waals surface area contributed by atoms with Gasteiger partial charge in [0, 0.05) is 6.92 Å². The van der Waals surface area contributed by atoms with Gasteiger partial charge in [-0.15, -0.1) is 13.2 Å². The number of carbonyl (C=O) groups is 1. The van der Waals surface area contributed by atoms with Crippen LogP contribution in [0.15, 0.2) is 42.5 Å². The maximum absolute atomic E-state index is 13.6. The standard InChI is InChI=1S/C15H10F4O3/c1-9(20)21-12-5-2-10(3-6-12)11-4-7-14(13(16)8-11)22-15(17,18)19/h2-8H,1H3. The molecule has 0 heterocycles. The Labute approximate surface area is 123 Å². The van der Waals surface area contributed by atoms with Gasteiger partial charge in [0.2, 0.25) is 0 Å². The zero-order valence-electron chi connectivity index (χ0n) is 11.3. The van der Waals surface area contributed by atoms with Crippen LogP contribution in [-0.4, -0.2) is 12.3 Å². The van der Waals surface area contributed by atoms with E-state index in [4.69, 9.17) is 4.74 Å². The fourth-order valence-electron chi connectivity index (χ4n) is 1.77. The van der Waals surface area contributed by atoms with Crippen LogP contribution in [0.4, 0.5) is 17.6 Å². The third-order valence-electron chi connectivity index (χ3n) is 2.61. The molecular formula is C15H10F4O3. The Morgan fingerprint density at radius 2 is 1.59 bits per heavy atom. The van der Waals surface area contributed by atoms with Crippen LogP contribution in [0.3, 0.4) is 0 Å². The first-order valence-electron chi connectivity index (χ1n) is 6.09. The normalized spacial score (nSPS) is 11.1. The van der Waals surface area contributed by atoms with E-state index in [1.807, 2.05) is 0 Å². The van der Waals surface area contributed by atoms with Gasteiger partial charge in [-0.1, -0.05) is 18.2 Å².